The number of ether oxygens (including phenoxy) is 1. The number of sulfonamides is 1. The van der Waals surface area contributed by atoms with E-state index in [1.165, 1.54) is 7.11 Å². The summed E-state index contributed by atoms with van der Waals surface area (Å²) < 4.78 is 31.9. The molecule has 1 aromatic carbocycles. The Hall–Kier alpha value is -1.44. The Bertz CT molecular complexity index is 689. The van der Waals surface area contributed by atoms with Gasteiger partial charge in [0.15, 0.2) is 0 Å². The van der Waals surface area contributed by atoms with Crippen molar-refractivity contribution in [1.29, 1.82) is 0 Å². The highest BCUT2D eigenvalue weighted by Gasteiger charge is 2.34. The van der Waals surface area contributed by atoms with E-state index in [9.17, 15) is 13.2 Å². The van der Waals surface area contributed by atoms with E-state index in [1.54, 1.807) is 28.6 Å². The van der Waals surface area contributed by atoms with Crippen LogP contribution >= 0.6 is 0 Å². The van der Waals surface area contributed by atoms with Crippen molar-refractivity contribution in [3.05, 3.63) is 35.4 Å². The summed E-state index contributed by atoms with van der Waals surface area (Å²) >= 11 is 0. The van der Waals surface area contributed by atoms with Gasteiger partial charge in [-0.15, -0.1) is 0 Å². The van der Waals surface area contributed by atoms with Crippen LogP contribution in [0.3, 0.4) is 0 Å². The van der Waals surface area contributed by atoms with Gasteiger partial charge in [0, 0.05) is 25.2 Å². The lowest BCUT2D eigenvalue weighted by atomic mass is 10.1. The smallest absolute Gasteiger partial charge is 0.338 e. The predicted molar refractivity (Wildman–Crippen MR) is 86.5 cm³/mol. The van der Waals surface area contributed by atoms with E-state index < -0.39 is 16.0 Å². The van der Waals surface area contributed by atoms with E-state index in [0.717, 1.165) is 19.3 Å². The van der Waals surface area contributed by atoms with Crippen LogP contribution in [-0.2, 0) is 20.5 Å². The lowest BCUT2D eigenvalue weighted by molar-refractivity contribution is 0.0600. The summed E-state index contributed by atoms with van der Waals surface area (Å²) in [5, 5.41) is 3.48. The number of hydrogen-bond acceptors (Lipinski definition) is 5. The molecule has 2 saturated heterocycles. The fourth-order valence-corrected chi connectivity index (χ4v) is 5.02. The molecule has 2 bridgehead atoms. The zero-order valence-electron chi connectivity index (χ0n) is 13.2. The molecular weight excluding hydrogens is 316 g/mol. The van der Waals surface area contributed by atoms with Gasteiger partial charge in [0.05, 0.1) is 18.4 Å². The van der Waals surface area contributed by atoms with Gasteiger partial charge < -0.3 is 10.1 Å². The molecule has 7 heteroatoms. The molecule has 2 heterocycles. The van der Waals surface area contributed by atoms with Crippen LogP contribution in [0.15, 0.2) is 24.3 Å². The molecule has 0 saturated carbocycles. The molecule has 2 fully saturated rings. The quantitative estimate of drug-likeness (QED) is 0.833. The maximum Gasteiger partial charge on any atom is 0.338 e. The molecule has 126 valence electrons. The average molecular weight is 338 g/mol. The molecule has 23 heavy (non-hydrogen) atoms. The Morgan fingerprint density at radius 1 is 1.26 bits per heavy atom. The second kappa shape index (κ2) is 6.59. The van der Waals surface area contributed by atoms with Crippen LogP contribution < -0.4 is 5.32 Å². The van der Waals surface area contributed by atoms with Crippen molar-refractivity contribution < 1.29 is 17.9 Å². The van der Waals surface area contributed by atoms with Gasteiger partial charge >= 0.3 is 5.97 Å². The van der Waals surface area contributed by atoms with E-state index in [4.69, 9.17) is 4.74 Å². The van der Waals surface area contributed by atoms with Crippen LogP contribution in [0, 0.1) is 0 Å². The number of carbonyl (C=O) groups excluding carboxylic acids is 1. The molecule has 1 N–H and O–H groups in total. The third kappa shape index (κ3) is 3.57. The van der Waals surface area contributed by atoms with Crippen molar-refractivity contribution in [3.63, 3.8) is 0 Å². The van der Waals surface area contributed by atoms with Crippen molar-refractivity contribution in [1.82, 2.24) is 9.62 Å². The molecule has 1 aromatic rings. The minimum atomic E-state index is -3.46. The summed E-state index contributed by atoms with van der Waals surface area (Å²) in [5.74, 6) is -0.678. The molecule has 0 spiro atoms. The standard InChI is InChI=1S/C16H22N2O4S/c1-22-16(19)15-5-3-2-4-12(15)11-23(20,21)18-9-8-13-6-7-14(10-18)17-13/h2-5,13-14,17H,6-11H2,1H3. The second-order valence-corrected chi connectivity index (χ2v) is 8.16. The van der Waals surface area contributed by atoms with Gasteiger partial charge in [-0.25, -0.2) is 17.5 Å². The summed E-state index contributed by atoms with van der Waals surface area (Å²) in [6.07, 6.45) is 2.99. The summed E-state index contributed by atoms with van der Waals surface area (Å²) in [4.78, 5) is 11.8. The number of fused-ring (bicyclic) bond motifs is 2. The van der Waals surface area contributed by atoms with Gasteiger partial charge in [-0.1, -0.05) is 18.2 Å². The zero-order valence-corrected chi connectivity index (χ0v) is 14.0. The van der Waals surface area contributed by atoms with Crippen LogP contribution in [-0.4, -0.2) is 51.0 Å². The number of nitrogens with one attached hydrogen (secondary N) is 1. The van der Waals surface area contributed by atoms with Crippen LogP contribution in [0.1, 0.15) is 35.2 Å². The lowest BCUT2D eigenvalue weighted by Crippen LogP contribution is -2.39. The first kappa shape index (κ1) is 16.4. The number of rotatable bonds is 4. The average Bonchev–Trinajstić information content (AvgIpc) is 2.85. The predicted octanol–water partition coefficient (Wildman–Crippen LogP) is 1.13. The monoisotopic (exact) mass is 338 g/mol. The first-order chi connectivity index (χ1) is 11.0. The molecule has 0 amide bonds. The van der Waals surface area contributed by atoms with E-state index in [-0.39, 0.29) is 11.8 Å². The van der Waals surface area contributed by atoms with Gasteiger partial charge in [-0.2, -0.15) is 0 Å². The maximum absolute atomic E-state index is 12.8. The second-order valence-electron chi connectivity index (χ2n) is 6.19. The van der Waals surface area contributed by atoms with E-state index in [0.29, 0.717) is 30.3 Å². The van der Waals surface area contributed by atoms with E-state index in [2.05, 4.69) is 5.32 Å². The van der Waals surface area contributed by atoms with Crippen LogP contribution in [0.5, 0.6) is 0 Å². The van der Waals surface area contributed by atoms with Crippen molar-refractivity contribution >= 4 is 16.0 Å². The normalized spacial score (nSPS) is 25.1. The molecule has 0 aromatic heterocycles. The maximum atomic E-state index is 12.8. The minimum absolute atomic E-state index is 0.171. The van der Waals surface area contributed by atoms with Crippen LogP contribution in [0.4, 0.5) is 0 Å². The molecular formula is C16H22N2O4S. The van der Waals surface area contributed by atoms with E-state index in [1.807, 2.05) is 0 Å². The van der Waals surface area contributed by atoms with Gasteiger partial charge in [0.1, 0.15) is 0 Å². The highest BCUT2D eigenvalue weighted by molar-refractivity contribution is 7.88. The van der Waals surface area contributed by atoms with Gasteiger partial charge in [-0.3, -0.25) is 0 Å². The Labute approximate surface area is 136 Å². The molecule has 0 radical (unpaired) electrons. The van der Waals surface area contributed by atoms with Gasteiger partial charge in [-0.05, 0) is 30.9 Å². The Balaban J connectivity index is 1.80. The highest BCUT2D eigenvalue weighted by atomic mass is 32.2. The number of hydrogen-bond donors (Lipinski definition) is 1. The molecule has 2 unspecified atom stereocenters. The van der Waals surface area contributed by atoms with Crippen molar-refractivity contribution in [2.45, 2.75) is 37.1 Å². The molecule has 2 atom stereocenters. The Kier molecular flexibility index (Phi) is 4.70. The molecule has 0 aliphatic carbocycles. The highest BCUT2D eigenvalue weighted by Crippen LogP contribution is 2.24. The largest absolute Gasteiger partial charge is 0.465 e. The fraction of sp³-hybridized carbons (Fsp3) is 0.562. The van der Waals surface area contributed by atoms with Crippen LogP contribution in [0.25, 0.3) is 0 Å². The van der Waals surface area contributed by atoms with Gasteiger partial charge in [0.25, 0.3) is 0 Å². The summed E-state index contributed by atoms with van der Waals surface area (Å²) in [6, 6.07) is 7.39. The Morgan fingerprint density at radius 3 is 2.78 bits per heavy atom. The lowest BCUT2D eigenvalue weighted by Gasteiger charge is -2.24. The zero-order chi connectivity index (χ0) is 16.4. The number of methoxy groups -OCH3 is 1. The number of esters is 1. The third-order valence-electron chi connectivity index (χ3n) is 4.64. The van der Waals surface area contributed by atoms with Crippen LogP contribution in [0.2, 0.25) is 0 Å². The first-order valence-electron chi connectivity index (χ1n) is 7.89. The fourth-order valence-electron chi connectivity index (χ4n) is 3.41. The molecule has 3 rings (SSSR count). The van der Waals surface area contributed by atoms with Gasteiger partial charge in [0.2, 0.25) is 10.0 Å². The number of benzene rings is 1. The van der Waals surface area contributed by atoms with Crippen molar-refractivity contribution in [2.75, 3.05) is 20.2 Å². The first-order valence-corrected chi connectivity index (χ1v) is 9.50. The molecule has 2 aliphatic rings. The van der Waals surface area contributed by atoms with Crippen molar-refractivity contribution in [2.24, 2.45) is 0 Å². The SMILES string of the molecule is COC(=O)c1ccccc1CS(=O)(=O)N1CCC2CCC(C1)N2. The number of carbonyl (C=O) groups is 1. The summed E-state index contributed by atoms with van der Waals surface area (Å²) in [6.45, 7) is 1.05. The van der Waals surface area contributed by atoms with Crippen molar-refractivity contribution in [3.8, 4) is 0 Å². The molecule has 6 nitrogen and oxygen atoms in total. The molecule has 2 aliphatic heterocycles. The Morgan fingerprint density at radius 2 is 2.00 bits per heavy atom. The minimum Gasteiger partial charge on any atom is -0.465 e. The third-order valence-corrected chi connectivity index (χ3v) is 6.43. The number of nitrogens with zero attached hydrogens (tertiary/aromatic N) is 1. The van der Waals surface area contributed by atoms with E-state index >= 15 is 0 Å². The summed E-state index contributed by atoms with van der Waals surface area (Å²) in [7, 11) is -2.16. The summed E-state index contributed by atoms with van der Waals surface area (Å²) in [5.41, 5.74) is 0.801. The topological polar surface area (TPSA) is 75.7 Å².